The fraction of sp³-hybridized carbons (Fsp3) is 0.600. The zero-order chi connectivity index (χ0) is 72.5. The standard InChI is InChI=1S/C90H146NO8P/c1-6-8-10-12-14-16-18-20-22-24-26-28-30-32-34-36-38-40-42-44-45-47-48-50-52-54-56-58-60-62-64-66-68-70-72-74-76-78-80-82-89(92)96-86-88(87-98-100(94,95)97-85-84-91(3,4)5)99-90(93)83-81-79-77-75-73-71-69-67-65-63-61-59-57-55-53-51-49-46-43-41-39-37-35-33-31-29-27-25-23-21-19-17-15-13-11-9-7-2/h8-11,14-17,20-23,26-29,32-35,38-41,46,49,53,55,59,61,65,67,71,73,88H,6-7,12-13,18-19,24-25,30-31,36-37,42-45,47-48,50-52,54,56-58,60,62-64,66,68-70,72,74-87H2,1-5H3/p+1/b10-8-,11-9-,16-14-,17-15-,22-20-,23-21-,28-26-,29-27-,34-32-,35-33-,40-38-,41-39-,49-46-,55-53-,61-59-,67-65-,73-71-. The number of carbonyl (C=O) groups is 2. The highest BCUT2D eigenvalue weighted by Gasteiger charge is 2.27. The summed E-state index contributed by atoms with van der Waals surface area (Å²) in [6.07, 6.45) is 122. The Hall–Kier alpha value is -5.41. The molecule has 2 unspecified atom stereocenters. The third-order valence-corrected chi connectivity index (χ3v) is 17.3. The Balaban J connectivity index is 4.09. The van der Waals surface area contributed by atoms with E-state index in [2.05, 4.69) is 220 Å². The summed E-state index contributed by atoms with van der Waals surface area (Å²) in [5.74, 6) is -0.841. The van der Waals surface area contributed by atoms with Gasteiger partial charge >= 0.3 is 19.8 Å². The van der Waals surface area contributed by atoms with Gasteiger partial charge in [-0.15, -0.1) is 0 Å². The number of likely N-dealkylation sites (N-methyl/N-ethyl adjacent to an activating group) is 1. The summed E-state index contributed by atoms with van der Waals surface area (Å²) in [5, 5.41) is 0. The van der Waals surface area contributed by atoms with Crippen molar-refractivity contribution in [1.29, 1.82) is 0 Å². The van der Waals surface area contributed by atoms with E-state index in [4.69, 9.17) is 18.5 Å². The van der Waals surface area contributed by atoms with Gasteiger partial charge in [-0.2, -0.15) is 0 Å². The molecule has 0 aliphatic carbocycles. The number of quaternary nitrogens is 1. The van der Waals surface area contributed by atoms with Crippen molar-refractivity contribution in [2.24, 2.45) is 0 Å². The average Bonchev–Trinajstić information content (AvgIpc) is 1.02. The molecule has 0 radical (unpaired) electrons. The number of phosphoric ester groups is 1. The number of phosphoric acid groups is 1. The second-order valence-electron chi connectivity index (χ2n) is 27.0. The van der Waals surface area contributed by atoms with Crippen LogP contribution in [0.25, 0.3) is 0 Å². The van der Waals surface area contributed by atoms with E-state index in [-0.39, 0.29) is 32.0 Å². The quantitative estimate of drug-likeness (QED) is 0.0211. The van der Waals surface area contributed by atoms with E-state index in [0.29, 0.717) is 17.4 Å². The Kier molecular flexibility index (Phi) is 73.5. The van der Waals surface area contributed by atoms with E-state index >= 15 is 0 Å². The van der Waals surface area contributed by atoms with Crippen LogP contribution in [-0.2, 0) is 32.7 Å². The molecule has 0 bridgehead atoms. The third kappa shape index (κ3) is 81.6. The number of ether oxygens (including phenoxy) is 2. The van der Waals surface area contributed by atoms with Gasteiger partial charge in [0.05, 0.1) is 27.7 Å². The first-order valence-corrected chi connectivity index (χ1v) is 41.3. The van der Waals surface area contributed by atoms with Crippen molar-refractivity contribution in [2.75, 3.05) is 47.5 Å². The number of carbonyl (C=O) groups excluding carboxylic acids is 2. The van der Waals surface area contributed by atoms with Crippen LogP contribution in [-0.4, -0.2) is 74.9 Å². The molecule has 0 rings (SSSR count). The Bertz CT molecular complexity index is 2450. The molecule has 0 aromatic carbocycles. The van der Waals surface area contributed by atoms with Gasteiger partial charge in [0.2, 0.25) is 0 Å². The highest BCUT2D eigenvalue weighted by molar-refractivity contribution is 7.47. The summed E-state index contributed by atoms with van der Waals surface area (Å²) in [4.78, 5) is 36.0. The Morgan fingerprint density at radius 1 is 0.310 bits per heavy atom. The summed E-state index contributed by atoms with van der Waals surface area (Å²) in [6, 6.07) is 0. The minimum atomic E-state index is -4.42. The number of hydrogen-bond donors (Lipinski definition) is 1. The van der Waals surface area contributed by atoms with E-state index in [9.17, 15) is 19.0 Å². The number of unbranched alkanes of at least 4 members (excludes halogenated alkanes) is 23. The van der Waals surface area contributed by atoms with Crippen LogP contribution in [0.1, 0.15) is 296 Å². The SMILES string of the molecule is CC/C=C\C/C=C\C/C=C\C/C=C\C/C=C\C/C=C\C/C=C\C/C=C\C/C=C\C/C=C\C/C=C\CCCCCC(=O)OC(COC(=O)CCCCCCCCCCCCCCCCCCCCCC/C=C\C/C=C\C/C=C\C/C=C\C/C=C\C/C=C\CC)COP(=O)(O)OCC[N+](C)(C)C. The zero-order valence-electron chi connectivity index (χ0n) is 64.3. The fourth-order valence-corrected chi connectivity index (χ4v) is 11.1. The lowest BCUT2D eigenvalue weighted by Crippen LogP contribution is -2.37. The highest BCUT2D eigenvalue weighted by Crippen LogP contribution is 2.43. The molecular weight excluding hydrogens is 1250 g/mol. The minimum absolute atomic E-state index is 0.0157. The van der Waals surface area contributed by atoms with Crippen LogP contribution in [0.5, 0.6) is 0 Å². The molecule has 0 saturated carbocycles. The van der Waals surface area contributed by atoms with Crippen molar-refractivity contribution < 1.29 is 42.1 Å². The Morgan fingerprint density at radius 2 is 0.540 bits per heavy atom. The molecule has 564 valence electrons. The molecule has 0 fully saturated rings. The van der Waals surface area contributed by atoms with Gasteiger partial charge in [-0.25, -0.2) is 4.57 Å². The van der Waals surface area contributed by atoms with Crippen LogP contribution in [0.2, 0.25) is 0 Å². The molecule has 0 heterocycles. The second kappa shape index (κ2) is 77.7. The lowest BCUT2D eigenvalue weighted by molar-refractivity contribution is -0.870. The van der Waals surface area contributed by atoms with Crippen molar-refractivity contribution in [3.05, 3.63) is 207 Å². The monoisotopic (exact) mass is 1400 g/mol. The molecule has 0 aliphatic heterocycles. The molecule has 0 aliphatic rings. The van der Waals surface area contributed by atoms with Gasteiger partial charge < -0.3 is 18.9 Å². The number of hydrogen-bond acceptors (Lipinski definition) is 7. The number of rotatable bonds is 71. The highest BCUT2D eigenvalue weighted by atomic mass is 31.2. The van der Waals surface area contributed by atoms with Crippen LogP contribution in [0, 0.1) is 0 Å². The maximum absolute atomic E-state index is 12.9. The summed E-state index contributed by atoms with van der Waals surface area (Å²) in [7, 11) is 1.44. The van der Waals surface area contributed by atoms with Crippen LogP contribution < -0.4 is 0 Å². The normalized spacial score (nSPS) is 14.2. The van der Waals surface area contributed by atoms with Gasteiger partial charge in [-0.05, 0) is 148 Å². The van der Waals surface area contributed by atoms with Crippen molar-refractivity contribution in [1.82, 2.24) is 0 Å². The third-order valence-electron chi connectivity index (χ3n) is 16.3. The summed E-state index contributed by atoms with van der Waals surface area (Å²) >= 11 is 0. The number of allylic oxidation sites excluding steroid dienone is 34. The first-order valence-electron chi connectivity index (χ1n) is 39.8. The van der Waals surface area contributed by atoms with Crippen LogP contribution in [0.4, 0.5) is 0 Å². The molecule has 0 saturated heterocycles. The molecule has 0 aromatic heterocycles. The Morgan fingerprint density at radius 3 is 0.810 bits per heavy atom. The molecule has 2 atom stereocenters. The minimum Gasteiger partial charge on any atom is -0.462 e. The summed E-state index contributed by atoms with van der Waals surface area (Å²) in [6.45, 7) is 4.16. The van der Waals surface area contributed by atoms with E-state index in [0.717, 1.165) is 148 Å². The first kappa shape index (κ1) is 94.6. The maximum Gasteiger partial charge on any atom is 0.472 e. The topological polar surface area (TPSA) is 108 Å². The molecule has 0 aromatic rings. The van der Waals surface area contributed by atoms with Gasteiger partial charge in [0, 0.05) is 12.8 Å². The molecule has 0 spiro atoms. The molecular formula is C90H147NO8P+. The Labute approximate surface area is 615 Å². The van der Waals surface area contributed by atoms with Gasteiger partial charge in [0.1, 0.15) is 19.8 Å². The predicted molar refractivity (Wildman–Crippen MR) is 435 cm³/mol. The van der Waals surface area contributed by atoms with E-state index in [1.54, 1.807) is 0 Å². The van der Waals surface area contributed by atoms with Crippen LogP contribution >= 0.6 is 7.82 Å². The van der Waals surface area contributed by atoms with Crippen molar-refractivity contribution in [3.8, 4) is 0 Å². The first-order chi connectivity index (χ1) is 49.0. The van der Waals surface area contributed by atoms with Crippen molar-refractivity contribution in [3.63, 3.8) is 0 Å². The average molecular weight is 1400 g/mol. The van der Waals surface area contributed by atoms with Gasteiger partial charge in [0.25, 0.3) is 0 Å². The van der Waals surface area contributed by atoms with E-state index in [1.165, 1.54) is 116 Å². The summed E-state index contributed by atoms with van der Waals surface area (Å²) in [5.41, 5.74) is 0. The van der Waals surface area contributed by atoms with E-state index < -0.39 is 26.5 Å². The largest absolute Gasteiger partial charge is 0.472 e. The van der Waals surface area contributed by atoms with Gasteiger partial charge in [-0.1, -0.05) is 342 Å². The van der Waals surface area contributed by atoms with Crippen LogP contribution in [0.3, 0.4) is 0 Å². The number of esters is 2. The number of nitrogens with zero attached hydrogens (tertiary/aromatic N) is 1. The predicted octanol–water partition coefficient (Wildman–Crippen LogP) is 26.9. The molecule has 9 nitrogen and oxygen atoms in total. The molecule has 1 N–H and O–H groups in total. The smallest absolute Gasteiger partial charge is 0.462 e. The van der Waals surface area contributed by atoms with Crippen LogP contribution in [0.15, 0.2) is 207 Å². The van der Waals surface area contributed by atoms with Crippen molar-refractivity contribution in [2.45, 2.75) is 302 Å². The molecule has 10 heteroatoms. The van der Waals surface area contributed by atoms with E-state index in [1.807, 2.05) is 21.1 Å². The lowest BCUT2D eigenvalue weighted by atomic mass is 10.0. The molecule has 100 heavy (non-hydrogen) atoms. The van der Waals surface area contributed by atoms with Gasteiger partial charge in [-0.3, -0.25) is 18.6 Å². The summed E-state index contributed by atoms with van der Waals surface area (Å²) < 4.78 is 34.7. The lowest BCUT2D eigenvalue weighted by Gasteiger charge is -2.24. The van der Waals surface area contributed by atoms with Gasteiger partial charge in [0.15, 0.2) is 6.10 Å². The fourth-order valence-electron chi connectivity index (χ4n) is 10.3. The zero-order valence-corrected chi connectivity index (χ0v) is 65.2. The van der Waals surface area contributed by atoms with Crippen molar-refractivity contribution >= 4 is 19.8 Å². The maximum atomic E-state index is 12.9. The second-order valence-corrected chi connectivity index (χ2v) is 28.4. The molecule has 0 amide bonds.